The summed E-state index contributed by atoms with van der Waals surface area (Å²) >= 11 is 5.41. The van der Waals surface area contributed by atoms with Crippen molar-refractivity contribution < 1.29 is 4.79 Å². The predicted molar refractivity (Wildman–Crippen MR) is 125 cm³/mol. The number of thioether (sulfide) groups is 1. The molecule has 0 radical (unpaired) electrons. The summed E-state index contributed by atoms with van der Waals surface area (Å²) in [6.07, 6.45) is 5.56. The van der Waals surface area contributed by atoms with Crippen LogP contribution in [-0.2, 0) is 6.54 Å². The van der Waals surface area contributed by atoms with Gasteiger partial charge >= 0.3 is 0 Å². The summed E-state index contributed by atoms with van der Waals surface area (Å²) in [5.74, 6) is -0.0568. The van der Waals surface area contributed by atoms with Crippen LogP contribution in [0.15, 0.2) is 71.9 Å². The number of nitrogens with zero attached hydrogens (tertiary/aromatic N) is 3. The summed E-state index contributed by atoms with van der Waals surface area (Å²) in [6, 6.07) is 17.6. The van der Waals surface area contributed by atoms with Crippen molar-refractivity contribution in [3.8, 4) is 0 Å². The lowest BCUT2D eigenvalue weighted by Gasteiger charge is -2.20. The molecular formula is C21H16IN3OS2. The first-order chi connectivity index (χ1) is 13.7. The smallest absolute Gasteiger partial charge is 0.261 e. The number of aromatic nitrogens is 2. The SMILES string of the molecule is CSc1cccc2sc(N(Cc3cccnc3)C(=O)c3ccccc3I)nc12. The third-order valence-corrected chi connectivity index (χ3v) is 6.99. The molecule has 1 amide bonds. The van der Waals surface area contributed by atoms with Crippen molar-refractivity contribution >= 4 is 66.9 Å². The molecule has 0 aliphatic carbocycles. The van der Waals surface area contributed by atoms with Crippen molar-refractivity contribution in [1.29, 1.82) is 0 Å². The van der Waals surface area contributed by atoms with Gasteiger partial charge in [0.1, 0.15) is 0 Å². The van der Waals surface area contributed by atoms with Gasteiger partial charge in [-0.25, -0.2) is 4.98 Å². The first kappa shape index (κ1) is 19.4. The Kier molecular flexibility index (Phi) is 5.93. The van der Waals surface area contributed by atoms with Gasteiger partial charge in [0.15, 0.2) is 5.13 Å². The number of pyridine rings is 1. The Bertz CT molecular complexity index is 1130. The number of fused-ring (bicyclic) bond motifs is 1. The molecule has 0 saturated carbocycles. The van der Waals surface area contributed by atoms with Gasteiger partial charge in [-0.2, -0.15) is 0 Å². The number of hydrogen-bond acceptors (Lipinski definition) is 5. The topological polar surface area (TPSA) is 46.1 Å². The van der Waals surface area contributed by atoms with E-state index in [1.807, 2.05) is 48.7 Å². The van der Waals surface area contributed by atoms with Crippen LogP contribution in [0, 0.1) is 3.57 Å². The standard InChI is InChI=1S/C21H16IN3OS2/c1-27-17-9-4-10-18-19(17)24-21(28-18)25(13-14-6-5-11-23-12-14)20(26)15-7-2-3-8-16(15)22/h2-12H,13H2,1H3. The third kappa shape index (κ3) is 3.92. The molecule has 0 unspecified atom stereocenters. The minimum absolute atomic E-state index is 0.0568. The van der Waals surface area contributed by atoms with E-state index in [2.05, 4.69) is 39.7 Å². The van der Waals surface area contributed by atoms with E-state index in [-0.39, 0.29) is 5.91 Å². The zero-order chi connectivity index (χ0) is 19.5. The number of halogens is 1. The number of para-hydroxylation sites is 1. The van der Waals surface area contributed by atoms with Crippen molar-refractivity contribution in [2.24, 2.45) is 0 Å². The van der Waals surface area contributed by atoms with Gasteiger partial charge < -0.3 is 0 Å². The molecule has 4 aromatic rings. The lowest BCUT2D eigenvalue weighted by atomic mass is 10.2. The maximum Gasteiger partial charge on any atom is 0.261 e. The van der Waals surface area contributed by atoms with Crippen LogP contribution < -0.4 is 4.90 Å². The van der Waals surface area contributed by atoms with Gasteiger partial charge in [0.25, 0.3) is 5.91 Å². The number of benzene rings is 2. The van der Waals surface area contributed by atoms with E-state index in [0.29, 0.717) is 17.2 Å². The van der Waals surface area contributed by atoms with E-state index in [4.69, 9.17) is 4.98 Å². The Labute approximate surface area is 185 Å². The highest BCUT2D eigenvalue weighted by Crippen LogP contribution is 2.35. The van der Waals surface area contributed by atoms with Crippen LogP contribution in [0.3, 0.4) is 0 Å². The number of thiazole rings is 1. The Hall–Kier alpha value is -1.97. The monoisotopic (exact) mass is 517 g/mol. The summed E-state index contributed by atoms with van der Waals surface area (Å²) in [4.78, 5) is 25.4. The fraction of sp³-hybridized carbons (Fsp3) is 0.0952. The Morgan fingerprint density at radius 2 is 2.00 bits per heavy atom. The number of carbonyl (C=O) groups is 1. The minimum atomic E-state index is -0.0568. The van der Waals surface area contributed by atoms with Gasteiger partial charge in [-0.15, -0.1) is 11.8 Å². The number of rotatable bonds is 5. The number of anilines is 1. The van der Waals surface area contributed by atoms with Gasteiger partial charge in [-0.1, -0.05) is 35.6 Å². The van der Waals surface area contributed by atoms with Crippen molar-refractivity contribution in [2.45, 2.75) is 11.4 Å². The molecule has 0 fully saturated rings. The number of amides is 1. The Balaban J connectivity index is 1.81. The summed E-state index contributed by atoms with van der Waals surface area (Å²) in [5.41, 5.74) is 2.59. The molecule has 2 aromatic heterocycles. The van der Waals surface area contributed by atoms with E-state index >= 15 is 0 Å². The second kappa shape index (κ2) is 8.59. The molecule has 0 aliphatic rings. The third-order valence-electron chi connectivity index (χ3n) is 4.23. The normalized spacial score (nSPS) is 10.9. The van der Waals surface area contributed by atoms with Crippen LogP contribution in [0.5, 0.6) is 0 Å². The largest absolute Gasteiger partial charge is 0.279 e. The molecule has 2 heterocycles. The van der Waals surface area contributed by atoms with Crippen molar-refractivity contribution in [1.82, 2.24) is 9.97 Å². The van der Waals surface area contributed by atoms with E-state index in [1.54, 1.807) is 40.4 Å². The molecule has 28 heavy (non-hydrogen) atoms. The highest BCUT2D eigenvalue weighted by molar-refractivity contribution is 14.1. The molecule has 0 atom stereocenters. The second-order valence-corrected chi connectivity index (χ2v) is 9.06. The van der Waals surface area contributed by atoms with Crippen LogP contribution in [-0.4, -0.2) is 22.1 Å². The molecule has 0 aliphatic heterocycles. The maximum absolute atomic E-state index is 13.5. The van der Waals surface area contributed by atoms with E-state index in [0.717, 1.165) is 24.2 Å². The molecule has 0 bridgehead atoms. The molecule has 0 N–H and O–H groups in total. The maximum atomic E-state index is 13.5. The minimum Gasteiger partial charge on any atom is -0.279 e. The van der Waals surface area contributed by atoms with Crippen molar-refractivity contribution in [2.75, 3.05) is 11.2 Å². The average molecular weight is 517 g/mol. The second-order valence-electron chi connectivity index (χ2n) is 6.04. The quantitative estimate of drug-likeness (QED) is 0.246. The first-order valence-electron chi connectivity index (χ1n) is 8.56. The van der Waals surface area contributed by atoms with Gasteiger partial charge in [-0.05, 0) is 64.7 Å². The fourth-order valence-corrected chi connectivity index (χ4v) is 5.11. The lowest BCUT2D eigenvalue weighted by molar-refractivity contribution is 0.0984. The highest BCUT2D eigenvalue weighted by Gasteiger charge is 2.23. The Morgan fingerprint density at radius 3 is 2.75 bits per heavy atom. The van der Waals surface area contributed by atoms with Gasteiger partial charge in [0.05, 0.1) is 22.3 Å². The van der Waals surface area contributed by atoms with Gasteiger partial charge in [0.2, 0.25) is 0 Å². The first-order valence-corrected chi connectivity index (χ1v) is 11.7. The molecule has 140 valence electrons. The number of hydrogen-bond donors (Lipinski definition) is 0. The van der Waals surface area contributed by atoms with Crippen LogP contribution >= 0.6 is 45.7 Å². The van der Waals surface area contributed by atoms with Crippen LogP contribution in [0.25, 0.3) is 10.2 Å². The molecule has 0 saturated heterocycles. The van der Waals surface area contributed by atoms with Crippen LogP contribution in [0.1, 0.15) is 15.9 Å². The van der Waals surface area contributed by atoms with Gasteiger partial charge in [-0.3, -0.25) is 14.7 Å². The lowest BCUT2D eigenvalue weighted by Crippen LogP contribution is -2.31. The summed E-state index contributed by atoms with van der Waals surface area (Å²) in [7, 11) is 0. The Morgan fingerprint density at radius 1 is 1.14 bits per heavy atom. The molecular weight excluding hydrogens is 501 g/mol. The fourth-order valence-electron chi connectivity index (χ4n) is 2.87. The zero-order valence-electron chi connectivity index (χ0n) is 15.0. The van der Waals surface area contributed by atoms with E-state index in [9.17, 15) is 4.79 Å². The van der Waals surface area contributed by atoms with E-state index < -0.39 is 0 Å². The summed E-state index contributed by atoms with van der Waals surface area (Å²) < 4.78 is 2.00. The summed E-state index contributed by atoms with van der Waals surface area (Å²) in [6.45, 7) is 0.423. The molecule has 0 spiro atoms. The van der Waals surface area contributed by atoms with E-state index in [1.165, 1.54) is 0 Å². The molecule has 4 nitrogen and oxygen atoms in total. The van der Waals surface area contributed by atoms with Crippen molar-refractivity contribution in [3.05, 3.63) is 81.7 Å². The van der Waals surface area contributed by atoms with Crippen LogP contribution in [0.2, 0.25) is 0 Å². The zero-order valence-corrected chi connectivity index (χ0v) is 18.8. The number of carbonyl (C=O) groups excluding carboxylic acids is 1. The highest BCUT2D eigenvalue weighted by atomic mass is 127. The predicted octanol–water partition coefficient (Wildman–Crippen LogP) is 5.86. The van der Waals surface area contributed by atoms with Gasteiger partial charge in [0, 0.05) is 20.9 Å². The molecule has 2 aromatic carbocycles. The molecule has 7 heteroatoms. The summed E-state index contributed by atoms with van der Waals surface area (Å²) in [5, 5.41) is 0.699. The molecule has 4 rings (SSSR count). The average Bonchev–Trinajstić information content (AvgIpc) is 3.16. The van der Waals surface area contributed by atoms with Crippen molar-refractivity contribution in [3.63, 3.8) is 0 Å². The van der Waals surface area contributed by atoms with Crippen LogP contribution in [0.4, 0.5) is 5.13 Å².